The van der Waals surface area contributed by atoms with Gasteiger partial charge in [-0.15, -0.1) is 0 Å². The van der Waals surface area contributed by atoms with Gasteiger partial charge in [0.25, 0.3) is 0 Å². The van der Waals surface area contributed by atoms with E-state index >= 15 is 0 Å². The number of rotatable bonds is 9. The highest BCUT2D eigenvalue weighted by molar-refractivity contribution is 5.99. The number of hydrogen-bond donors (Lipinski definition) is 2. The number of nitrogens with zero attached hydrogens (tertiary/aromatic N) is 4. The monoisotopic (exact) mass is 475 g/mol. The number of benzene rings is 1. The largest absolute Gasteiger partial charge is 0.497 e. The molecule has 0 spiro atoms. The molecular weight excluding hydrogens is 442 g/mol. The van der Waals surface area contributed by atoms with Crippen LogP contribution in [0.15, 0.2) is 29.4 Å². The fourth-order valence-electron chi connectivity index (χ4n) is 4.89. The molecule has 0 radical (unpaired) electrons. The Bertz CT molecular complexity index is 971. The number of azide groups is 1. The molecule has 1 aliphatic heterocycles. The topological polar surface area (TPSA) is 154 Å². The molecule has 2 amide bonds. The summed E-state index contributed by atoms with van der Waals surface area (Å²) in [5, 5.41) is 16.4. The van der Waals surface area contributed by atoms with E-state index in [-0.39, 0.29) is 25.3 Å². The number of carbonyl (C=O) groups excluding carboxylic acids is 2. The van der Waals surface area contributed by atoms with Gasteiger partial charge in [-0.1, -0.05) is 44.9 Å². The van der Waals surface area contributed by atoms with Gasteiger partial charge in [-0.05, 0) is 29.5 Å². The zero-order chi connectivity index (χ0) is 25.7. The second kappa shape index (κ2) is 10.8. The first-order valence-corrected chi connectivity index (χ1v) is 11.0. The Morgan fingerprint density at radius 1 is 1.35 bits per heavy atom. The van der Waals surface area contributed by atoms with Crippen molar-refractivity contribution in [3.63, 3.8) is 0 Å². The van der Waals surface area contributed by atoms with Crippen molar-refractivity contribution in [2.45, 2.75) is 51.8 Å². The minimum absolute atomic E-state index is 0.000805. The predicted octanol–water partition coefficient (Wildman–Crippen LogP) is 3.49. The summed E-state index contributed by atoms with van der Waals surface area (Å²) in [6.07, 6.45) is -1.85. The average Bonchev–Trinajstić information content (AvgIpc) is 3.18. The predicted molar refractivity (Wildman–Crippen MR) is 125 cm³/mol. The van der Waals surface area contributed by atoms with Crippen LogP contribution in [0.3, 0.4) is 0 Å². The molecule has 1 aromatic carbocycles. The number of methoxy groups -OCH3 is 2. The molecule has 1 fully saturated rings. The maximum absolute atomic E-state index is 13.1. The van der Waals surface area contributed by atoms with Crippen LogP contribution in [0.2, 0.25) is 0 Å². The molecule has 11 heteroatoms. The molecule has 4 atom stereocenters. The van der Waals surface area contributed by atoms with Gasteiger partial charge in [0.1, 0.15) is 5.75 Å². The van der Waals surface area contributed by atoms with Crippen molar-refractivity contribution in [2.75, 3.05) is 27.3 Å². The van der Waals surface area contributed by atoms with Crippen molar-refractivity contribution < 1.29 is 29.0 Å². The maximum atomic E-state index is 13.1. The lowest BCUT2D eigenvalue weighted by Crippen LogP contribution is -2.65. The first kappa shape index (κ1) is 26.9. The Balaban J connectivity index is 2.30. The Morgan fingerprint density at radius 2 is 2.03 bits per heavy atom. The van der Waals surface area contributed by atoms with Crippen molar-refractivity contribution in [1.29, 1.82) is 0 Å². The number of nitrogens with one attached hydrogen (secondary N) is 1. The molecule has 11 nitrogen and oxygen atoms in total. The fourth-order valence-corrected chi connectivity index (χ4v) is 4.89. The molecule has 2 rings (SSSR count). The Labute approximate surface area is 199 Å². The van der Waals surface area contributed by atoms with Gasteiger partial charge >= 0.3 is 6.09 Å². The van der Waals surface area contributed by atoms with E-state index in [4.69, 9.17) is 15.0 Å². The molecule has 1 aromatic rings. The van der Waals surface area contributed by atoms with E-state index in [1.807, 2.05) is 20.8 Å². The number of carboxylic acid groups (broad SMARTS) is 1. The third kappa shape index (κ3) is 5.26. The lowest BCUT2D eigenvalue weighted by atomic mass is 9.65. The van der Waals surface area contributed by atoms with Gasteiger partial charge in [0.2, 0.25) is 5.91 Å². The van der Waals surface area contributed by atoms with E-state index in [9.17, 15) is 19.5 Å². The van der Waals surface area contributed by atoms with Crippen LogP contribution in [-0.2, 0) is 9.53 Å². The normalized spacial score (nSPS) is 21.8. The molecule has 186 valence electrons. The molecule has 1 heterocycles. The van der Waals surface area contributed by atoms with Crippen LogP contribution >= 0.6 is 0 Å². The summed E-state index contributed by atoms with van der Waals surface area (Å²) in [5.41, 5.74) is 7.50. The van der Waals surface area contributed by atoms with Crippen LogP contribution in [0.5, 0.6) is 5.75 Å². The number of ketones is 1. The summed E-state index contributed by atoms with van der Waals surface area (Å²) in [5.74, 6) is -1.03. The third-order valence-electron chi connectivity index (χ3n) is 6.57. The average molecular weight is 476 g/mol. The molecule has 0 aliphatic carbocycles. The quantitative estimate of drug-likeness (QED) is 0.241. The number of likely N-dealkylation sites (tertiary alicyclic amines) is 1. The zero-order valence-corrected chi connectivity index (χ0v) is 20.4. The summed E-state index contributed by atoms with van der Waals surface area (Å²) in [6.45, 7) is 6.99. The van der Waals surface area contributed by atoms with E-state index in [1.54, 1.807) is 31.2 Å². The molecule has 34 heavy (non-hydrogen) atoms. The van der Waals surface area contributed by atoms with Gasteiger partial charge < -0.3 is 19.9 Å². The molecular formula is C23H33N5O6. The number of hydrogen-bond acceptors (Lipinski definition) is 6. The van der Waals surface area contributed by atoms with E-state index in [0.29, 0.717) is 11.3 Å². The van der Waals surface area contributed by atoms with Crippen molar-refractivity contribution in [3.05, 3.63) is 40.3 Å². The minimum atomic E-state index is -1.19. The Morgan fingerprint density at radius 3 is 2.56 bits per heavy atom. The Hall–Kier alpha value is -3.30. The smallest absolute Gasteiger partial charge is 0.407 e. The van der Waals surface area contributed by atoms with Gasteiger partial charge in [0.05, 0.1) is 37.3 Å². The zero-order valence-electron chi connectivity index (χ0n) is 20.4. The summed E-state index contributed by atoms with van der Waals surface area (Å²) in [4.78, 5) is 42.0. The van der Waals surface area contributed by atoms with Crippen LogP contribution in [-0.4, -0.2) is 72.8 Å². The number of amides is 2. The van der Waals surface area contributed by atoms with Crippen molar-refractivity contribution >= 4 is 17.8 Å². The van der Waals surface area contributed by atoms with E-state index in [1.165, 1.54) is 19.1 Å². The number of carbonyl (C=O) groups is 3. The second-order valence-corrected chi connectivity index (χ2v) is 9.45. The second-order valence-electron chi connectivity index (χ2n) is 9.45. The molecule has 0 saturated carbocycles. The summed E-state index contributed by atoms with van der Waals surface area (Å²) >= 11 is 0. The summed E-state index contributed by atoms with van der Waals surface area (Å²) in [7, 11) is 2.92. The highest BCUT2D eigenvalue weighted by Gasteiger charge is 2.61. The van der Waals surface area contributed by atoms with E-state index in [2.05, 4.69) is 15.3 Å². The lowest BCUT2D eigenvalue weighted by Gasteiger charge is -2.52. The van der Waals surface area contributed by atoms with Gasteiger partial charge in [-0.25, -0.2) is 4.79 Å². The molecule has 0 unspecified atom stereocenters. The number of ether oxygens (including phenoxy) is 2. The first-order chi connectivity index (χ1) is 15.9. The molecule has 1 saturated heterocycles. The third-order valence-corrected chi connectivity index (χ3v) is 6.57. The van der Waals surface area contributed by atoms with Gasteiger partial charge in [-0.3, -0.25) is 14.5 Å². The molecule has 0 aromatic heterocycles. The molecule has 1 aliphatic rings. The van der Waals surface area contributed by atoms with Crippen LogP contribution < -0.4 is 10.1 Å². The molecule has 2 N–H and O–H groups in total. The maximum Gasteiger partial charge on any atom is 0.407 e. The van der Waals surface area contributed by atoms with Crippen LogP contribution in [0.1, 0.15) is 44.5 Å². The van der Waals surface area contributed by atoms with Crippen LogP contribution in [0.25, 0.3) is 10.4 Å². The number of Topliss-reactive ketones (excluding diaryl/α,β-unsaturated/α-hetero) is 1. The van der Waals surface area contributed by atoms with Crippen LogP contribution in [0, 0.1) is 11.3 Å². The van der Waals surface area contributed by atoms with Crippen molar-refractivity contribution in [1.82, 2.24) is 10.2 Å². The van der Waals surface area contributed by atoms with Gasteiger partial charge in [-0.2, -0.15) is 0 Å². The SMILES string of the molecule is COc1cccc(C(=O)CNC(=O)[C@H](C)[C@@H](OC)[C@@]2(C(C)(C)C)C[C@H](N=[N+]=[N-])CN2C(=O)O)c1. The first-order valence-electron chi connectivity index (χ1n) is 11.0. The fraction of sp³-hybridized carbons (Fsp3) is 0.609. The Kier molecular flexibility index (Phi) is 8.52. The van der Waals surface area contributed by atoms with Crippen LogP contribution in [0.4, 0.5) is 4.79 Å². The van der Waals surface area contributed by atoms with Gasteiger partial charge in [0, 0.05) is 24.1 Å². The molecule has 0 bridgehead atoms. The highest BCUT2D eigenvalue weighted by atomic mass is 16.5. The van der Waals surface area contributed by atoms with E-state index in [0.717, 1.165) is 0 Å². The standard InChI is InChI=1S/C23H33N5O6/c1-14(20(30)25-12-18(29)15-8-7-9-17(10-15)33-5)19(34-6)23(22(2,3)4)11-16(26-27-24)13-28(23)21(31)32/h7-10,14,16,19H,11-13H2,1-6H3,(H,25,30)(H,31,32)/t14-,16+,19-,23-/m1/s1. The van der Waals surface area contributed by atoms with E-state index < -0.39 is 41.0 Å². The minimum Gasteiger partial charge on any atom is -0.497 e. The van der Waals surface area contributed by atoms with Crippen molar-refractivity contribution in [3.8, 4) is 5.75 Å². The van der Waals surface area contributed by atoms with Gasteiger partial charge in [0.15, 0.2) is 5.78 Å². The highest BCUT2D eigenvalue weighted by Crippen LogP contribution is 2.49. The summed E-state index contributed by atoms with van der Waals surface area (Å²) < 4.78 is 10.9. The van der Waals surface area contributed by atoms with Crippen molar-refractivity contribution in [2.24, 2.45) is 16.4 Å². The lowest BCUT2D eigenvalue weighted by molar-refractivity contribution is -0.141. The summed E-state index contributed by atoms with van der Waals surface area (Å²) in [6, 6.07) is 6.02.